The largest absolute Gasteiger partial charge is 0.494 e. The molecule has 5 heteroatoms. The van der Waals surface area contributed by atoms with Crippen molar-refractivity contribution in [1.82, 2.24) is 14.7 Å². The zero-order valence-corrected chi connectivity index (χ0v) is 16.4. The Morgan fingerprint density at radius 3 is 2.89 bits per heavy atom. The number of aryl methyl sites for hydroxylation is 1. The maximum Gasteiger partial charge on any atom is 0.269 e. The van der Waals surface area contributed by atoms with Gasteiger partial charge in [-0.05, 0) is 69.7 Å². The van der Waals surface area contributed by atoms with Crippen LogP contribution in [0.3, 0.4) is 0 Å². The summed E-state index contributed by atoms with van der Waals surface area (Å²) in [5.74, 6) is 0.879. The van der Waals surface area contributed by atoms with Gasteiger partial charge in [0.2, 0.25) is 0 Å². The summed E-state index contributed by atoms with van der Waals surface area (Å²) in [4.78, 5) is 14.8. The van der Waals surface area contributed by atoms with Crippen molar-refractivity contribution in [2.75, 3.05) is 19.7 Å². The molecule has 2 aliphatic rings. The number of nitrogens with zero attached hydrogens (tertiary/aromatic N) is 3. The lowest BCUT2D eigenvalue weighted by Gasteiger charge is -2.20. The van der Waals surface area contributed by atoms with Crippen LogP contribution in [0.25, 0.3) is 11.3 Å². The minimum Gasteiger partial charge on any atom is -0.494 e. The lowest BCUT2D eigenvalue weighted by molar-refractivity contribution is 0.230. The Hall–Kier alpha value is -2.14. The molecule has 5 nitrogen and oxygen atoms in total. The van der Waals surface area contributed by atoms with Crippen molar-refractivity contribution in [3.63, 3.8) is 0 Å². The Labute approximate surface area is 161 Å². The molecule has 1 fully saturated rings. The molecule has 4 rings (SSSR count). The number of aromatic nitrogens is 2. The fourth-order valence-corrected chi connectivity index (χ4v) is 4.44. The molecule has 0 spiro atoms. The summed E-state index contributed by atoms with van der Waals surface area (Å²) in [6.07, 6.45) is 6.52. The van der Waals surface area contributed by atoms with E-state index in [9.17, 15) is 4.79 Å². The molecular formula is C22H29N3O2. The smallest absolute Gasteiger partial charge is 0.269 e. The van der Waals surface area contributed by atoms with Gasteiger partial charge in [0, 0.05) is 30.8 Å². The van der Waals surface area contributed by atoms with Gasteiger partial charge >= 0.3 is 0 Å². The maximum absolute atomic E-state index is 12.3. The number of hydrogen-bond acceptors (Lipinski definition) is 4. The van der Waals surface area contributed by atoms with Gasteiger partial charge in [0.05, 0.1) is 12.3 Å². The van der Waals surface area contributed by atoms with E-state index in [0.717, 1.165) is 67.0 Å². The van der Waals surface area contributed by atoms with Crippen molar-refractivity contribution in [1.29, 1.82) is 0 Å². The van der Waals surface area contributed by atoms with Crippen LogP contribution in [0, 0.1) is 0 Å². The maximum atomic E-state index is 12.3. The summed E-state index contributed by atoms with van der Waals surface area (Å²) < 4.78 is 7.49. The molecule has 0 amide bonds. The highest BCUT2D eigenvalue weighted by molar-refractivity contribution is 5.66. The lowest BCUT2D eigenvalue weighted by Crippen LogP contribution is -2.28. The SMILES string of the molecule is CC1CCCN1CCCOc1cccc(-c2nn(C)c(=O)c3c2CCC3)c1. The first-order valence-corrected chi connectivity index (χ1v) is 10.2. The molecule has 1 aromatic carbocycles. The predicted octanol–water partition coefficient (Wildman–Crippen LogP) is 3.19. The first-order valence-electron chi connectivity index (χ1n) is 10.2. The van der Waals surface area contributed by atoms with Crippen molar-refractivity contribution in [3.8, 4) is 17.0 Å². The number of fused-ring (bicyclic) bond motifs is 1. The van der Waals surface area contributed by atoms with E-state index in [0.29, 0.717) is 6.04 Å². The molecule has 0 saturated carbocycles. The summed E-state index contributed by atoms with van der Waals surface area (Å²) in [5, 5.41) is 4.55. The van der Waals surface area contributed by atoms with E-state index >= 15 is 0 Å². The minimum absolute atomic E-state index is 0.0507. The Morgan fingerprint density at radius 2 is 2.07 bits per heavy atom. The Kier molecular flexibility index (Phi) is 5.30. The van der Waals surface area contributed by atoms with Crippen molar-refractivity contribution < 1.29 is 4.74 Å². The van der Waals surface area contributed by atoms with Gasteiger partial charge in [-0.25, -0.2) is 4.68 Å². The van der Waals surface area contributed by atoms with Gasteiger partial charge in [-0.1, -0.05) is 12.1 Å². The van der Waals surface area contributed by atoms with Crippen LogP contribution >= 0.6 is 0 Å². The predicted molar refractivity (Wildman–Crippen MR) is 107 cm³/mol. The Balaban J connectivity index is 1.45. The van der Waals surface area contributed by atoms with E-state index in [1.54, 1.807) is 7.05 Å². The van der Waals surface area contributed by atoms with Gasteiger partial charge in [0.1, 0.15) is 5.75 Å². The van der Waals surface area contributed by atoms with Crippen molar-refractivity contribution in [2.24, 2.45) is 7.05 Å². The quantitative estimate of drug-likeness (QED) is 0.736. The fraction of sp³-hybridized carbons (Fsp3) is 0.545. The number of ether oxygens (including phenoxy) is 1. The van der Waals surface area contributed by atoms with Gasteiger partial charge in [-0.2, -0.15) is 5.10 Å². The third kappa shape index (κ3) is 3.79. The van der Waals surface area contributed by atoms with Gasteiger partial charge < -0.3 is 9.64 Å². The molecule has 1 aliphatic heterocycles. The summed E-state index contributed by atoms with van der Waals surface area (Å²) in [7, 11) is 1.74. The number of benzene rings is 1. The Morgan fingerprint density at radius 1 is 1.22 bits per heavy atom. The average molecular weight is 367 g/mol. The monoisotopic (exact) mass is 367 g/mol. The molecule has 0 radical (unpaired) electrons. The van der Waals surface area contributed by atoms with Crippen molar-refractivity contribution >= 4 is 0 Å². The van der Waals surface area contributed by atoms with Crippen molar-refractivity contribution in [3.05, 3.63) is 45.7 Å². The number of hydrogen-bond donors (Lipinski definition) is 0. The summed E-state index contributed by atoms with van der Waals surface area (Å²) in [6, 6.07) is 8.85. The highest BCUT2D eigenvalue weighted by atomic mass is 16.5. The second-order valence-corrected chi connectivity index (χ2v) is 7.85. The molecule has 1 saturated heterocycles. The standard InChI is InChI=1S/C22H29N3O2/c1-16-7-5-12-25(16)13-6-14-27-18-9-3-8-17(15-18)21-19-10-4-11-20(19)22(26)24(2)23-21/h3,8-9,15-16H,4-7,10-14H2,1-2H3. The molecule has 1 aliphatic carbocycles. The van der Waals surface area contributed by atoms with E-state index in [2.05, 4.69) is 29.1 Å². The van der Waals surface area contributed by atoms with Crippen LogP contribution in [-0.2, 0) is 19.9 Å². The van der Waals surface area contributed by atoms with Crippen LogP contribution in [0.1, 0.15) is 43.7 Å². The summed E-state index contributed by atoms with van der Waals surface area (Å²) >= 11 is 0. The van der Waals surface area contributed by atoms with Crippen molar-refractivity contribution in [2.45, 2.75) is 51.5 Å². The molecule has 1 atom stereocenters. The average Bonchev–Trinajstić information content (AvgIpc) is 3.31. The normalized spacial score (nSPS) is 19.4. The molecule has 0 bridgehead atoms. The topological polar surface area (TPSA) is 47.4 Å². The van der Waals surface area contributed by atoms with E-state index < -0.39 is 0 Å². The van der Waals surface area contributed by atoms with Crippen LogP contribution in [0.2, 0.25) is 0 Å². The highest BCUT2D eigenvalue weighted by Gasteiger charge is 2.22. The molecule has 0 N–H and O–H groups in total. The van der Waals surface area contributed by atoms with Gasteiger partial charge in [-0.3, -0.25) is 4.79 Å². The van der Waals surface area contributed by atoms with Gasteiger partial charge in [-0.15, -0.1) is 0 Å². The van der Waals surface area contributed by atoms with Crippen LogP contribution < -0.4 is 10.3 Å². The molecule has 27 heavy (non-hydrogen) atoms. The first kappa shape index (κ1) is 18.2. The summed E-state index contributed by atoms with van der Waals surface area (Å²) in [6.45, 7) is 5.37. The van der Waals surface area contributed by atoms with Gasteiger partial charge in [0.25, 0.3) is 5.56 Å². The minimum atomic E-state index is 0.0507. The Bertz CT molecular complexity index is 874. The third-order valence-corrected chi connectivity index (χ3v) is 5.96. The zero-order chi connectivity index (χ0) is 18.8. The van der Waals surface area contributed by atoms with E-state index in [4.69, 9.17) is 4.74 Å². The van der Waals surface area contributed by atoms with E-state index in [1.807, 2.05) is 12.1 Å². The molecule has 1 unspecified atom stereocenters. The van der Waals surface area contributed by atoms with Crippen LogP contribution in [0.5, 0.6) is 5.75 Å². The summed E-state index contributed by atoms with van der Waals surface area (Å²) in [5.41, 5.74) is 4.08. The lowest BCUT2D eigenvalue weighted by atomic mass is 10.0. The first-order chi connectivity index (χ1) is 13.1. The second kappa shape index (κ2) is 7.85. The molecule has 2 aromatic rings. The molecular weight excluding hydrogens is 338 g/mol. The fourth-order valence-electron chi connectivity index (χ4n) is 4.44. The second-order valence-electron chi connectivity index (χ2n) is 7.85. The zero-order valence-electron chi connectivity index (χ0n) is 16.4. The number of rotatable bonds is 6. The number of likely N-dealkylation sites (tertiary alicyclic amines) is 1. The van der Waals surface area contributed by atoms with Crippen LogP contribution in [0.4, 0.5) is 0 Å². The third-order valence-electron chi connectivity index (χ3n) is 5.96. The molecule has 1 aromatic heterocycles. The van der Waals surface area contributed by atoms with Crippen LogP contribution in [-0.4, -0.2) is 40.4 Å². The van der Waals surface area contributed by atoms with Crippen LogP contribution in [0.15, 0.2) is 29.1 Å². The van der Waals surface area contributed by atoms with Gasteiger partial charge in [0.15, 0.2) is 0 Å². The highest BCUT2D eigenvalue weighted by Crippen LogP contribution is 2.30. The molecule has 2 heterocycles. The van der Waals surface area contributed by atoms with E-state index in [1.165, 1.54) is 24.1 Å². The molecule has 144 valence electrons. The van der Waals surface area contributed by atoms with E-state index in [-0.39, 0.29) is 5.56 Å².